The van der Waals surface area contributed by atoms with Gasteiger partial charge in [-0.3, -0.25) is 0 Å². The maximum Gasteiger partial charge on any atom is 0.183 e. The van der Waals surface area contributed by atoms with E-state index in [1.54, 1.807) is 11.3 Å². The van der Waals surface area contributed by atoms with Gasteiger partial charge in [-0.05, 0) is 13.5 Å². The molecule has 2 heterocycles. The van der Waals surface area contributed by atoms with Crippen LogP contribution in [0.25, 0.3) is 11.5 Å². The number of hydrogen-bond acceptors (Lipinski definition) is 5. The summed E-state index contributed by atoms with van der Waals surface area (Å²) in [5.41, 5.74) is 6.36. The van der Waals surface area contributed by atoms with Gasteiger partial charge in [0.05, 0.1) is 5.01 Å². The fourth-order valence-electron chi connectivity index (χ4n) is 1.28. The van der Waals surface area contributed by atoms with Crippen LogP contribution in [0.1, 0.15) is 10.8 Å². The average Bonchev–Trinajstić information content (AvgIpc) is 2.77. The fourth-order valence-corrected chi connectivity index (χ4v) is 2.07. The van der Waals surface area contributed by atoms with Gasteiger partial charge in [0, 0.05) is 18.8 Å². The van der Waals surface area contributed by atoms with Crippen LogP contribution in [0.4, 0.5) is 0 Å². The van der Waals surface area contributed by atoms with E-state index >= 15 is 0 Å². The molecule has 6 heteroatoms. The number of hydrogen-bond donors (Lipinski definition) is 1. The molecule has 0 aliphatic rings. The zero-order valence-corrected chi connectivity index (χ0v) is 9.58. The summed E-state index contributed by atoms with van der Waals surface area (Å²) in [5.74, 6) is 1.70. The highest BCUT2D eigenvalue weighted by Crippen LogP contribution is 2.20. The average molecular weight is 223 g/mol. The first-order valence-corrected chi connectivity index (χ1v) is 5.61. The van der Waals surface area contributed by atoms with Gasteiger partial charge in [0.2, 0.25) is 0 Å². The van der Waals surface area contributed by atoms with Gasteiger partial charge in [0.1, 0.15) is 11.5 Å². The molecule has 0 spiro atoms. The van der Waals surface area contributed by atoms with Gasteiger partial charge in [-0.15, -0.1) is 21.5 Å². The second-order valence-electron chi connectivity index (χ2n) is 3.29. The van der Waals surface area contributed by atoms with Gasteiger partial charge in [0.15, 0.2) is 5.82 Å². The van der Waals surface area contributed by atoms with Crippen LogP contribution >= 0.6 is 11.3 Å². The van der Waals surface area contributed by atoms with Crippen LogP contribution in [0.15, 0.2) is 5.38 Å². The van der Waals surface area contributed by atoms with Crippen molar-refractivity contribution in [3.63, 3.8) is 0 Å². The molecule has 2 rings (SSSR count). The Morgan fingerprint density at radius 2 is 2.27 bits per heavy atom. The molecule has 80 valence electrons. The molecule has 0 saturated carbocycles. The molecule has 2 aromatic rings. The number of nitrogens with zero attached hydrogens (tertiary/aromatic N) is 4. The Labute approximate surface area is 92.0 Å². The molecule has 2 aromatic heterocycles. The van der Waals surface area contributed by atoms with Crippen molar-refractivity contribution in [2.45, 2.75) is 13.3 Å². The zero-order valence-electron chi connectivity index (χ0n) is 8.77. The molecule has 0 fully saturated rings. The molecule has 2 N–H and O–H groups in total. The second-order valence-corrected chi connectivity index (χ2v) is 4.24. The minimum atomic E-state index is 0.630. The quantitative estimate of drug-likeness (QED) is 0.833. The Kier molecular flexibility index (Phi) is 2.79. The third-order valence-corrected chi connectivity index (χ3v) is 3.14. The first-order valence-electron chi connectivity index (χ1n) is 4.73. The summed E-state index contributed by atoms with van der Waals surface area (Å²) < 4.78 is 1.93. The number of nitrogens with two attached hydrogens (primary N) is 1. The van der Waals surface area contributed by atoms with Crippen molar-refractivity contribution in [1.29, 1.82) is 0 Å². The topological polar surface area (TPSA) is 69.6 Å². The Morgan fingerprint density at radius 1 is 1.47 bits per heavy atom. The summed E-state index contributed by atoms with van der Waals surface area (Å²) in [6, 6.07) is 0. The van der Waals surface area contributed by atoms with Crippen LogP contribution in [0, 0.1) is 6.92 Å². The van der Waals surface area contributed by atoms with Crippen molar-refractivity contribution in [2.75, 3.05) is 6.54 Å². The van der Waals surface area contributed by atoms with Crippen molar-refractivity contribution < 1.29 is 0 Å². The van der Waals surface area contributed by atoms with Gasteiger partial charge in [-0.25, -0.2) is 4.98 Å². The highest BCUT2D eigenvalue weighted by molar-refractivity contribution is 7.09. The third-order valence-electron chi connectivity index (χ3n) is 2.23. The molecule has 0 aliphatic heterocycles. The smallest absolute Gasteiger partial charge is 0.183 e. The van der Waals surface area contributed by atoms with Crippen molar-refractivity contribution in [3.8, 4) is 11.5 Å². The molecule has 0 atom stereocenters. The lowest BCUT2D eigenvalue weighted by molar-refractivity contribution is 0.861. The van der Waals surface area contributed by atoms with Crippen molar-refractivity contribution in [1.82, 2.24) is 19.7 Å². The van der Waals surface area contributed by atoms with Gasteiger partial charge in [0.25, 0.3) is 0 Å². The van der Waals surface area contributed by atoms with E-state index in [-0.39, 0.29) is 0 Å². The first-order chi connectivity index (χ1) is 7.22. The molecule has 0 radical (unpaired) electrons. The first kappa shape index (κ1) is 10.3. The molecule has 0 aliphatic carbocycles. The third kappa shape index (κ3) is 1.91. The standard InChI is InChI=1S/C9H13N5S/c1-6-12-13-9(14(6)2)7-5-15-8(11-7)3-4-10/h5H,3-4,10H2,1-2H3. The van der Waals surface area contributed by atoms with Gasteiger partial charge < -0.3 is 10.3 Å². The Balaban J connectivity index is 2.33. The van der Waals surface area contributed by atoms with Crippen LogP contribution < -0.4 is 5.73 Å². The van der Waals surface area contributed by atoms with Crippen LogP contribution in [0.5, 0.6) is 0 Å². The van der Waals surface area contributed by atoms with Crippen LogP contribution in [-0.4, -0.2) is 26.3 Å². The summed E-state index contributed by atoms with van der Waals surface area (Å²) in [6.07, 6.45) is 0.821. The zero-order chi connectivity index (χ0) is 10.8. The second kappa shape index (κ2) is 4.08. The molecular weight excluding hydrogens is 210 g/mol. The predicted octanol–water partition coefficient (Wildman–Crippen LogP) is 0.748. The molecule has 0 aromatic carbocycles. The van der Waals surface area contributed by atoms with E-state index in [1.807, 2.05) is 23.9 Å². The maximum absolute atomic E-state index is 5.48. The van der Waals surface area contributed by atoms with Crippen molar-refractivity contribution >= 4 is 11.3 Å². The van der Waals surface area contributed by atoms with E-state index in [0.717, 1.165) is 28.8 Å². The molecule has 0 unspecified atom stereocenters. The van der Waals surface area contributed by atoms with E-state index < -0.39 is 0 Å². The Hall–Kier alpha value is -1.27. The highest BCUT2D eigenvalue weighted by atomic mass is 32.1. The summed E-state index contributed by atoms with van der Waals surface area (Å²) in [7, 11) is 1.94. The van der Waals surface area contributed by atoms with E-state index in [1.165, 1.54) is 0 Å². The van der Waals surface area contributed by atoms with Gasteiger partial charge >= 0.3 is 0 Å². The fraction of sp³-hybridized carbons (Fsp3) is 0.444. The Morgan fingerprint density at radius 3 is 2.87 bits per heavy atom. The van der Waals surface area contributed by atoms with Crippen LogP contribution in [0.2, 0.25) is 0 Å². The SMILES string of the molecule is Cc1nnc(-c2csc(CCN)n2)n1C. The van der Waals surface area contributed by atoms with E-state index in [4.69, 9.17) is 5.73 Å². The highest BCUT2D eigenvalue weighted by Gasteiger charge is 2.11. The lowest BCUT2D eigenvalue weighted by Crippen LogP contribution is -2.02. The number of aromatic nitrogens is 4. The summed E-state index contributed by atoms with van der Waals surface area (Å²) >= 11 is 1.61. The summed E-state index contributed by atoms with van der Waals surface area (Å²) in [4.78, 5) is 4.46. The lowest BCUT2D eigenvalue weighted by Gasteiger charge is -1.96. The van der Waals surface area contributed by atoms with Gasteiger partial charge in [-0.1, -0.05) is 0 Å². The number of thiazole rings is 1. The number of aryl methyl sites for hydroxylation is 1. The molecule has 5 nitrogen and oxygen atoms in total. The minimum Gasteiger partial charge on any atom is -0.330 e. The summed E-state index contributed by atoms with van der Waals surface area (Å²) in [5, 5.41) is 11.1. The Bertz CT molecular complexity index is 459. The molecule has 15 heavy (non-hydrogen) atoms. The van der Waals surface area contributed by atoms with Crippen molar-refractivity contribution in [3.05, 3.63) is 16.2 Å². The normalized spacial score (nSPS) is 10.9. The maximum atomic E-state index is 5.48. The summed E-state index contributed by atoms with van der Waals surface area (Å²) in [6.45, 7) is 2.55. The molecule has 0 bridgehead atoms. The van der Waals surface area contributed by atoms with E-state index in [0.29, 0.717) is 6.54 Å². The van der Waals surface area contributed by atoms with E-state index in [9.17, 15) is 0 Å². The molecular formula is C9H13N5S. The molecule has 0 amide bonds. The number of rotatable bonds is 3. The predicted molar refractivity (Wildman–Crippen MR) is 59.6 cm³/mol. The van der Waals surface area contributed by atoms with Crippen molar-refractivity contribution in [2.24, 2.45) is 12.8 Å². The lowest BCUT2D eigenvalue weighted by atomic mass is 10.4. The molecule has 0 saturated heterocycles. The van der Waals surface area contributed by atoms with Crippen LogP contribution in [-0.2, 0) is 13.5 Å². The van der Waals surface area contributed by atoms with E-state index in [2.05, 4.69) is 15.2 Å². The van der Waals surface area contributed by atoms with Crippen LogP contribution in [0.3, 0.4) is 0 Å². The van der Waals surface area contributed by atoms with Gasteiger partial charge in [-0.2, -0.15) is 0 Å². The largest absolute Gasteiger partial charge is 0.330 e. The monoisotopic (exact) mass is 223 g/mol. The minimum absolute atomic E-state index is 0.630.